The van der Waals surface area contributed by atoms with Crippen LogP contribution in [0.25, 0.3) is 0 Å². The molecule has 29 heavy (non-hydrogen) atoms. The SMILES string of the molecule is CN=C(NCCCNC(=O)c1ccccc1)NC1CC(=O)N(c2ccccc2)C1. The van der Waals surface area contributed by atoms with E-state index < -0.39 is 0 Å². The van der Waals surface area contributed by atoms with Crippen LogP contribution in [-0.4, -0.2) is 50.5 Å². The van der Waals surface area contributed by atoms with Gasteiger partial charge in [-0.3, -0.25) is 14.6 Å². The zero-order valence-corrected chi connectivity index (χ0v) is 16.6. The lowest BCUT2D eigenvalue weighted by atomic mass is 10.2. The van der Waals surface area contributed by atoms with Crippen molar-refractivity contribution in [3.8, 4) is 0 Å². The number of rotatable bonds is 7. The Bertz CT molecular complexity index is 839. The standard InChI is InChI=1S/C22H27N5O2/c1-23-22(25-14-8-13-24-21(29)17-9-4-2-5-10-17)26-18-15-20(28)27(16-18)19-11-6-3-7-12-19/h2-7,9-12,18H,8,13-16H2,1H3,(H,24,29)(H2,23,25,26). The molecule has 0 saturated carbocycles. The van der Waals surface area contributed by atoms with E-state index in [1.165, 1.54) is 0 Å². The van der Waals surface area contributed by atoms with Gasteiger partial charge in [-0.15, -0.1) is 0 Å². The first-order chi connectivity index (χ1) is 14.2. The van der Waals surface area contributed by atoms with E-state index in [1.807, 2.05) is 48.5 Å². The van der Waals surface area contributed by atoms with E-state index in [-0.39, 0.29) is 17.9 Å². The number of guanidine groups is 1. The van der Waals surface area contributed by atoms with E-state index in [0.717, 1.165) is 12.1 Å². The van der Waals surface area contributed by atoms with Gasteiger partial charge in [0.25, 0.3) is 5.91 Å². The van der Waals surface area contributed by atoms with Crippen LogP contribution in [0.5, 0.6) is 0 Å². The van der Waals surface area contributed by atoms with E-state index in [0.29, 0.717) is 37.6 Å². The van der Waals surface area contributed by atoms with Crippen molar-refractivity contribution in [2.75, 3.05) is 31.6 Å². The van der Waals surface area contributed by atoms with Crippen molar-refractivity contribution >= 4 is 23.5 Å². The van der Waals surface area contributed by atoms with Crippen LogP contribution in [0.2, 0.25) is 0 Å². The second-order valence-corrected chi connectivity index (χ2v) is 6.86. The van der Waals surface area contributed by atoms with E-state index in [1.54, 1.807) is 24.1 Å². The predicted octanol–water partition coefficient (Wildman–Crippen LogP) is 1.78. The van der Waals surface area contributed by atoms with E-state index in [2.05, 4.69) is 20.9 Å². The second kappa shape index (κ2) is 10.3. The molecule has 1 aliphatic rings. The van der Waals surface area contributed by atoms with Crippen molar-refractivity contribution in [3.05, 3.63) is 66.2 Å². The molecule has 0 aliphatic carbocycles. The Balaban J connectivity index is 1.38. The van der Waals surface area contributed by atoms with E-state index >= 15 is 0 Å². The Kier molecular flexibility index (Phi) is 7.22. The first-order valence-electron chi connectivity index (χ1n) is 9.83. The molecule has 3 rings (SSSR count). The maximum atomic E-state index is 12.3. The highest BCUT2D eigenvalue weighted by Crippen LogP contribution is 2.20. The Morgan fingerprint density at radius 1 is 1.03 bits per heavy atom. The molecule has 2 aromatic rings. The molecule has 0 aromatic heterocycles. The van der Waals surface area contributed by atoms with Crippen molar-refractivity contribution in [1.82, 2.24) is 16.0 Å². The van der Waals surface area contributed by atoms with Gasteiger partial charge in [-0.25, -0.2) is 0 Å². The Labute approximate surface area is 171 Å². The Hall–Kier alpha value is -3.35. The number of aliphatic imine (C=N–C) groups is 1. The van der Waals surface area contributed by atoms with Gasteiger partial charge >= 0.3 is 0 Å². The topological polar surface area (TPSA) is 85.8 Å². The molecule has 0 radical (unpaired) electrons. The average Bonchev–Trinajstić information content (AvgIpc) is 3.13. The molecule has 1 unspecified atom stereocenters. The number of carbonyl (C=O) groups is 2. The minimum absolute atomic E-state index is 0.00619. The fraction of sp³-hybridized carbons (Fsp3) is 0.318. The number of amides is 2. The first-order valence-corrected chi connectivity index (χ1v) is 9.83. The largest absolute Gasteiger partial charge is 0.356 e. The van der Waals surface area contributed by atoms with Crippen molar-refractivity contribution in [1.29, 1.82) is 0 Å². The van der Waals surface area contributed by atoms with Gasteiger partial charge in [-0.1, -0.05) is 36.4 Å². The third-order valence-electron chi connectivity index (χ3n) is 4.72. The Morgan fingerprint density at radius 2 is 1.69 bits per heavy atom. The lowest BCUT2D eigenvalue weighted by Crippen LogP contribution is -2.45. The van der Waals surface area contributed by atoms with Crippen molar-refractivity contribution in [2.24, 2.45) is 4.99 Å². The van der Waals surface area contributed by atoms with Crippen LogP contribution in [0.15, 0.2) is 65.7 Å². The van der Waals surface area contributed by atoms with Crippen molar-refractivity contribution in [2.45, 2.75) is 18.9 Å². The Morgan fingerprint density at radius 3 is 2.38 bits per heavy atom. The van der Waals surface area contributed by atoms with Gasteiger partial charge in [0, 0.05) is 44.4 Å². The van der Waals surface area contributed by atoms with Crippen LogP contribution in [0.1, 0.15) is 23.2 Å². The molecule has 0 bridgehead atoms. The highest BCUT2D eigenvalue weighted by molar-refractivity contribution is 5.97. The monoisotopic (exact) mass is 393 g/mol. The van der Waals surface area contributed by atoms with Gasteiger partial charge in [0.05, 0.1) is 6.04 Å². The molecular weight excluding hydrogens is 366 g/mol. The summed E-state index contributed by atoms with van der Waals surface area (Å²) in [6.45, 7) is 1.84. The normalized spacial score (nSPS) is 16.6. The van der Waals surface area contributed by atoms with Crippen LogP contribution in [0, 0.1) is 0 Å². The molecule has 2 amide bonds. The summed E-state index contributed by atoms with van der Waals surface area (Å²) in [5.74, 6) is 0.693. The molecule has 1 heterocycles. The molecule has 3 N–H and O–H groups in total. The summed E-state index contributed by atoms with van der Waals surface area (Å²) in [6.07, 6.45) is 1.20. The maximum absolute atomic E-state index is 12.3. The predicted molar refractivity (Wildman–Crippen MR) is 115 cm³/mol. The summed E-state index contributed by atoms with van der Waals surface area (Å²) in [4.78, 5) is 30.4. The summed E-state index contributed by atoms with van der Waals surface area (Å²) in [5.41, 5.74) is 1.57. The molecule has 7 nitrogen and oxygen atoms in total. The van der Waals surface area contributed by atoms with E-state index in [4.69, 9.17) is 0 Å². The van der Waals surface area contributed by atoms with Crippen molar-refractivity contribution < 1.29 is 9.59 Å². The lowest BCUT2D eigenvalue weighted by molar-refractivity contribution is -0.117. The summed E-state index contributed by atoms with van der Waals surface area (Å²) in [5, 5.41) is 9.45. The molecule has 1 fully saturated rings. The summed E-state index contributed by atoms with van der Waals surface area (Å²) in [6, 6.07) is 18.9. The molecule has 1 atom stereocenters. The number of para-hydroxylation sites is 1. The highest BCUT2D eigenvalue weighted by Gasteiger charge is 2.30. The molecule has 7 heteroatoms. The van der Waals surface area contributed by atoms with Gasteiger partial charge in [0.15, 0.2) is 5.96 Å². The molecule has 152 valence electrons. The minimum Gasteiger partial charge on any atom is -0.356 e. The number of benzene rings is 2. The number of anilines is 1. The third kappa shape index (κ3) is 5.81. The van der Waals surface area contributed by atoms with Gasteiger partial charge in [-0.2, -0.15) is 0 Å². The van der Waals surface area contributed by atoms with Crippen LogP contribution in [0.3, 0.4) is 0 Å². The average molecular weight is 393 g/mol. The molecule has 1 saturated heterocycles. The third-order valence-corrected chi connectivity index (χ3v) is 4.72. The van der Waals surface area contributed by atoms with Crippen LogP contribution in [-0.2, 0) is 4.79 Å². The maximum Gasteiger partial charge on any atom is 0.251 e. The summed E-state index contributed by atoms with van der Waals surface area (Å²) in [7, 11) is 1.71. The van der Waals surface area contributed by atoms with Crippen LogP contribution in [0.4, 0.5) is 5.69 Å². The van der Waals surface area contributed by atoms with Gasteiger partial charge < -0.3 is 20.9 Å². The van der Waals surface area contributed by atoms with Crippen LogP contribution >= 0.6 is 0 Å². The number of nitrogens with zero attached hydrogens (tertiary/aromatic N) is 2. The minimum atomic E-state index is -0.0708. The first kappa shape index (κ1) is 20.4. The van der Waals surface area contributed by atoms with Crippen LogP contribution < -0.4 is 20.9 Å². The zero-order chi connectivity index (χ0) is 20.5. The smallest absolute Gasteiger partial charge is 0.251 e. The van der Waals surface area contributed by atoms with Gasteiger partial charge in [0.1, 0.15) is 0 Å². The fourth-order valence-corrected chi connectivity index (χ4v) is 3.24. The fourth-order valence-electron chi connectivity index (χ4n) is 3.24. The number of nitrogens with one attached hydrogen (secondary N) is 3. The number of carbonyl (C=O) groups excluding carboxylic acids is 2. The highest BCUT2D eigenvalue weighted by atomic mass is 16.2. The number of hydrogen-bond acceptors (Lipinski definition) is 3. The molecule has 0 spiro atoms. The summed E-state index contributed by atoms with van der Waals surface area (Å²) >= 11 is 0. The lowest BCUT2D eigenvalue weighted by Gasteiger charge is -2.19. The van der Waals surface area contributed by atoms with Gasteiger partial charge in [0.2, 0.25) is 5.91 Å². The summed E-state index contributed by atoms with van der Waals surface area (Å²) < 4.78 is 0. The molecule has 2 aromatic carbocycles. The molecule has 1 aliphatic heterocycles. The second-order valence-electron chi connectivity index (χ2n) is 6.86. The zero-order valence-electron chi connectivity index (χ0n) is 16.6. The van der Waals surface area contributed by atoms with E-state index in [9.17, 15) is 9.59 Å². The molecular formula is C22H27N5O2. The number of hydrogen-bond donors (Lipinski definition) is 3. The van der Waals surface area contributed by atoms with Gasteiger partial charge in [-0.05, 0) is 30.7 Å². The quantitative estimate of drug-likeness (QED) is 0.380. The van der Waals surface area contributed by atoms with Crippen molar-refractivity contribution in [3.63, 3.8) is 0 Å².